The number of hydrogen-bond donors (Lipinski definition) is 0. The van der Waals surface area contributed by atoms with Crippen LogP contribution in [-0.4, -0.2) is 34.2 Å². The van der Waals surface area contributed by atoms with E-state index in [1.807, 2.05) is 35.8 Å². The summed E-state index contributed by atoms with van der Waals surface area (Å²) in [6.07, 6.45) is 4.62. The van der Waals surface area contributed by atoms with Gasteiger partial charge in [-0.1, -0.05) is 19.1 Å². The molecule has 0 saturated heterocycles. The molecule has 5 nitrogen and oxygen atoms in total. The zero-order valence-corrected chi connectivity index (χ0v) is 15.5. The summed E-state index contributed by atoms with van der Waals surface area (Å²) in [6, 6.07) is 14.2. The molecule has 7 heteroatoms. The largest absolute Gasteiger partial charge is 0.299 e. The maximum Gasteiger partial charge on any atom is 0.175 e. The van der Waals surface area contributed by atoms with Crippen LogP contribution in [0.5, 0.6) is 0 Å². The molecule has 1 unspecified atom stereocenters. The third kappa shape index (κ3) is 3.72. The Morgan fingerprint density at radius 2 is 1.68 bits per heavy atom. The molecule has 130 valence electrons. The molecule has 0 aliphatic heterocycles. The van der Waals surface area contributed by atoms with Crippen LogP contribution in [0.3, 0.4) is 0 Å². The quantitative estimate of drug-likeness (QED) is 0.688. The highest BCUT2D eigenvalue weighted by Gasteiger charge is 2.10. The fraction of sp³-hybridized carbons (Fsp3) is 0.167. The van der Waals surface area contributed by atoms with Gasteiger partial charge >= 0.3 is 0 Å². The van der Waals surface area contributed by atoms with Crippen molar-refractivity contribution in [1.29, 1.82) is 0 Å². The predicted molar refractivity (Wildman–Crippen MR) is 99.1 cm³/mol. The van der Waals surface area contributed by atoms with E-state index >= 15 is 0 Å². The third-order valence-corrected chi connectivity index (χ3v) is 6.31. The lowest BCUT2D eigenvalue weighted by Crippen LogP contribution is -1.99. The Bertz CT molecular complexity index is 1010. The summed E-state index contributed by atoms with van der Waals surface area (Å²) in [6.45, 7) is 1.89. The molecule has 3 aromatic rings. The maximum absolute atomic E-state index is 11.9. The lowest BCUT2D eigenvalue weighted by atomic mass is 10.1. The molecule has 25 heavy (non-hydrogen) atoms. The number of imidazole rings is 1. The van der Waals surface area contributed by atoms with Crippen LogP contribution >= 0.6 is 0 Å². The van der Waals surface area contributed by atoms with E-state index in [0.29, 0.717) is 5.75 Å². The molecule has 0 aliphatic rings. The van der Waals surface area contributed by atoms with Crippen molar-refractivity contribution in [2.24, 2.45) is 0 Å². The molecule has 0 aliphatic carbocycles. The minimum Gasteiger partial charge on any atom is -0.299 e. The molecule has 3 rings (SSSR count). The van der Waals surface area contributed by atoms with E-state index in [2.05, 4.69) is 4.98 Å². The summed E-state index contributed by atoms with van der Waals surface area (Å²) in [7, 11) is -4.20. The lowest BCUT2D eigenvalue weighted by Gasteiger charge is -2.09. The first-order chi connectivity index (χ1) is 11.9. The number of nitrogens with zero attached hydrogens (tertiary/aromatic N) is 2. The van der Waals surface area contributed by atoms with Crippen LogP contribution < -0.4 is 0 Å². The average Bonchev–Trinajstić information content (AvgIpc) is 3.10. The van der Waals surface area contributed by atoms with E-state index in [9.17, 15) is 12.6 Å². The molecule has 2 aromatic carbocycles. The monoisotopic (exact) mass is 374 g/mol. The van der Waals surface area contributed by atoms with Crippen molar-refractivity contribution in [2.45, 2.75) is 16.7 Å². The average molecular weight is 374 g/mol. The van der Waals surface area contributed by atoms with Gasteiger partial charge in [0.1, 0.15) is 0 Å². The third-order valence-electron chi connectivity index (χ3n) is 3.86. The molecular formula is C18H18N2O3S2. The number of hydrogen-bond acceptors (Lipinski definition) is 4. The van der Waals surface area contributed by atoms with Crippen LogP contribution in [0.1, 0.15) is 6.92 Å². The first kappa shape index (κ1) is 17.6. The van der Waals surface area contributed by atoms with Crippen LogP contribution in [0.25, 0.3) is 16.9 Å². The smallest absolute Gasteiger partial charge is 0.175 e. The standard InChI is InChI=1S/C18H18N2O3S2/c1-3-24(21)16-8-4-14(5-9-16)18-12-19-13-20(18)15-6-10-17(11-7-15)25(2,22)23/h4-13H,3H2,1-2H3. The van der Waals surface area contributed by atoms with Gasteiger partial charge in [-0.15, -0.1) is 0 Å². The normalized spacial score (nSPS) is 12.9. The number of benzene rings is 2. The Kier molecular flexibility index (Phi) is 4.87. The number of sulfone groups is 1. The van der Waals surface area contributed by atoms with Crippen molar-refractivity contribution in [2.75, 3.05) is 12.0 Å². The molecular weight excluding hydrogens is 356 g/mol. The van der Waals surface area contributed by atoms with Crippen LogP contribution in [0.15, 0.2) is 70.8 Å². The zero-order valence-electron chi connectivity index (χ0n) is 13.9. The van der Waals surface area contributed by atoms with Crippen molar-refractivity contribution in [1.82, 2.24) is 9.55 Å². The van der Waals surface area contributed by atoms with E-state index in [4.69, 9.17) is 0 Å². The summed E-state index contributed by atoms with van der Waals surface area (Å²) in [5.74, 6) is 0.587. The summed E-state index contributed by atoms with van der Waals surface area (Å²) >= 11 is 0. The van der Waals surface area contributed by atoms with Gasteiger partial charge in [0.2, 0.25) is 0 Å². The molecule has 0 spiro atoms. The minimum absolute atomic E-state index is 0.282. The first-order valence-corrected chi connectivity index (χ1v) is 10.9. The Morgan fingerprint density at radius 3 is 2.24 bits per heavy atom. The van der Waals surface area contributed by atoms with Gasteiger partial charge in [-0.3, -0.25) is 8.78 Å². The van der Waals surface area contributed by atoms with E-state index < -0.39 is 20.6 Å². The highest BCUT2D eigenvalue weighted by atomic mass is 32.2. The maximum atomic E-state index is 11.9. The molecule has 0 fully saturated rings. The van der Waals surface area contributed by atoms with Gasteiger partial charge in [-0.25, -0.2) is 13.4 Å². The molecule has 0 bridgehead atoms. The van der Waals surface area contributed by atoms with Crippen LogP contribution in [0, 0.1) is 0 Å². The SMILES string of the molecule is CCS(=O)c1ccc(-c2cncn2-c2ccc(S(C)(=O)=O)cc2)cc1. The van der Waals surface area contributed by atoms with Gasteiger partial charge in [0, 0.05) is 28.2 Å². The molecule has 0 amide bonds. The van der Waals surface area contributed by atoms with Crippen LogP contribution in [0.4, 0.5) is 0 Å². The van der Waals surface area contributed by atoms with Gasteiger partial charge in [-0.05, 0) is 36.4 Å². The Hall–Kier alpha value is -2.25. The first-order valence-electron chi connectivity index (χ1n) is 7.72. The Labute approximate surface area is 149 Å². The fourth-order valence-electron chi connectivity index (χ4n) is 2.51. The minimum atomic E-state index is -3.22. The second-order valence-electron chi connectivity index (χ2n) is 5.57. The van der Waals surface area contributed by atoms with Crippen molar-refractivity contribution in [3.8, 4) is 16.9 Å². The highest BCUT2D eigenvalue weighted by molar-refractivity contribution is 7.90. The van der Waals surface area contributed by atoms with Gasteiger partial charge < -0.3 is 0 Å². The summed E-state index contributed by atoms with van der Waals surface area (Å²) < 4.78 is 36.9. The summed E-state index contributed by atoms with van der Waals surface area (Å²) in [4.78, 5) is 5.29. The van der Waals surface area contributed by atoms with E-state index in [-0.39, 0.29) is 4.90 Å². The van der Waals surface area contributed by atoms with Crippen LogP contribution in [0.2, 0.25) is 0 Å². The Morgan fingerprint density at radius 1 is 1.04 bits per heavy atom. The van der Waals surface area contributed by atoms with Gasteiger partial charge in [0.15, 0.2) is 9.84 Å². The fourth-order valence-corrected chi connectivity index (χ4v) is 3.92. The van der Waals surface area contributed by atoms with E-state index in [0.717, 1.165) is 21.8 Å². The van der Waals surface area contributed by atoms with Crippen LogP contribution in [-0.2, 0) is 20.6 Å². The highest BCUT2D eigenvalue weighted by Crippen LogP contribution is 2.24. The second kappa shape index (κ2) is 6.93. The van der Waals surface area contributed by atoms with Gasteiger partial charge in [0.05, 0.1) is 33.9 Å². The van der Waals surface area contributed by atoms with Gasteiger partial charge in [-0.2, -0.15) is 0 Å². The molecule has 1 heterocycles. The van der Waals surface area contributed by atoms with Crippen molar-refractivity contribution < 1.29 is 12.6 Å². The van der Waals surface area contributed by atoms with Gasteiger partial charge in [0.25, 0.3) is 0 Å². The summed E-state index contributed by atoms with van der Waals surface area (Å²) in [5, 5.41) is 0. The van der Waals surface area contributed by atoms with Crippen molar-refractivity contribution in [3.63, 3.8) is 0 Å². The molecule has 0 saturated carbocycles. The van der Waals surface area contributed by atoms with Crippen molar-refractivity contribution in [3.05, 3.63) is 61.1 Å². The van der Waals surface area contributed by atoms with E-state index in [1.54, 1.807) is 36.8 Å². The topological polar surface area (TPSA) is 69.0 Å². The number of rotatable bonds is 5. The van der Waals surface area contributed by atoms with E-state index in [1.165, 1.54) is 6.26 Å². The predicted octanol–water partition coefficient (Wildman–Crippen LogP) is 3.07. The summed E-state index contributed by atoms with van der Waals surface area (Å²) in [5.41, 5.74) is 2.64. The molecule has 1 atom stereocenters. The number of aromatic nitrogens is 2. The molecule has 0 N–H and O–H groups in total. The molecule has 0 radical (unpaired) electrons. The second-order valence-corrected chi connectivity index (χ2v) is 9.33. The lowest BCUT2D eigenvalue weighted by molar-refractivity contribution is 0.602. The zero-order chi connectivity index (χ0) is 18.0. The van der Waals surface area contributed by atoms with Crippen molar-refractivity contribution >= 4 is 20.6 Å². The Balaban J connectivity index is 1.97. The molecule has 1 aromatic heterocycles.